The van der Waals surface area contributed by atoms with E-state index in [1.54, 1.807) is 30.9 Å². The molecule has 26 heavy (non-hydrogen) atoms. The van der Waals surface area contributed by atoms with Gasteiger partial charge in [0.1, 0.15) is 5.82 Å². The minimum absolute atomic E-state index is 0.142. The zero-order valence-corrected chi connectivity index (χ0v) is 14.7. The van der Waals surface area contributed by atoms with Gasteiger partial charge in [0.2, 0.25) is 17.6 Å². The molecule has 7 nitrogen and oxygen atoms in total. The molecule has 0 unspecified atom stereocenters. The monoisotopic (exact) mass is 361 g/mol. The maximum Gasteiger partial charge on any atom is 0.311 e. The number of aliphatic carboxylic acids is 1. The molecule has 138 valence electrons. The molecule has 2 heterocycles. The van der Waals surface area contributed by atoms with Crippen LogP contribution in [0.25, 0.3) is 11.4 Å². The van der Waals surface area contributed by atoms with E-state index in [9.17, 15) is 19.1 Å². The van der Waals surface area contributed by atoms with Crippen molar-refractivity contribution in [2.45, 2.75) is 33.1 Å². The predicted octanol–water partition coefficient (Wildman–Crippen LogP) is 2.44. The molecule has 1 aliphatic rings. The van der Waals surface area contributed by atoms with Crippen LogP contribution in [0, 0.1) is 18.2 Å². The van der Waals surface area contributed by atoms with Crippen molar-refractivity contribution >= 4 is 11.9 Å². The number of carboxylic acids is 1. The fraction of sp³-hybridized carbons (Fsp3) is 0.444. The summed E-state index contributed by atoms with van der Waals surface area (Å²) in [4.78, 5) is 29.3. The lowest BCUT2D eigenvalue weighted by molar-refractivity contribution is -0.147. The van der Waals surface area contributed by atoms with Gasteiger partial charge in [-0.3, -0.25) is 9.59 Å². The minimum Gasteiger partial charge on any atom is -0.481 e. The van der Waals surface area contributed by atoms with E-state index in [2.05, 4.69) is 10.1 Å². The topological polar surface area (TPSA) is 96.5 Å². The molecule has 0 spiro atoms. The van der Waals surface area contributed by atoms with Crippen molar-refractivity contribution in [3.05, 3.63) is 35.5 Å². The minimum atomic E-state index is -0.889. The molecule has 1 aromatic carbocycles. The van der Waals surface area contributed by atoms with Crippen LogP contribution in [0.5, 0.6) is 0 Å². The molecule has 1 fully saturated rings. The predicted molar refractivity (Wildman–Crippen MR) is 89.7 cm³/mol. The number of carbonyl (C=O) groups excluding carboxylic acids is 1. The number of hydrogen-bond donors (Lipinski definition) is 1. The molecule has 8 heteroatoms. The first-order chi connectivity index (χ1) is 12.3. The van der Waals surface area contributed by atoms with E-state index in [4.69, 9.17) is 4.52 Å². The number of aromatic nitrogens is 2. The molecule has 3 rings (SSSR count). The number of likely N-dealkylation sites (tertiary alicyclic amines) is 1. The largest absolute Gasteiger partial charge is 0.481 e. The van der Waals surface area contributed by atoms with Crippen molar-refractivity contribution in [1.82, 2.24) is 15.0 Å². The Labute approximate surface area is 149 Å². The molecule has 1 aromatic heterocycles. The summed E-state index contributed by atoms with van der Waals surface area (Å²) < 4.78 is 18.8. The summed E-state index contributed by atoms with van der Waals surface area (Å²) in [7, 11) is 0. The fourth-order valence-corrected chi connectivity index (χ4v) is 2.93. The number of rotatable bonds is 5. The van der Waals surface area contributed by atoms with Gasteiger partial charge in [-0.05, 0) is 31.9 Å². The Morgan fingerprint density at radius 2 is 2.19 bits per heavy atom. The van der Waals surface area contributed by atoms with E-state index >= 15 is 0 Å². The van der Waals surface area contributed by atoms with E-state index in [1.165, 1.54) is 6.07 Å². The van der Waals surface area contributed by atoms with E-state index < -0.39 is 11.4 Å². The van der Waals surface area contributed by atoms with Gasteiger partial charge in [-0.15, -0.1) is 0 Å². The number of carbonyl (C=O) groups is 2. The summed E-state index contributed by atoms with van der Waals surface area (Å²) in [6.07, 6.45) is 0.845. The van der Waals surface area contributed by atoms with Gasteiger partial charge in [0.25, 0.3) is 0 Å². The van der Waals surface area contributed by atoms with Crippen LogP contribution in [0.1, 0.15) is 31.2 Å². The van der Waals surface area contributed by atoms with Gasteiger partial charge in [0, 0.05) is 31.5 Å². The van der Waals surface area contributed by atoms with Crippen molar-refractivity contribution in [3.8, 4) is 11.4 Å². The Morgan fingerprint density at radius 1 is 1.42 bits per heavy atom. The third kappa shape index (κ3) is 3.58. The number of hydrogen-bond acceptors (Lipinski definition) is 5. The van der Waals surface area contributed by atoms with Crippen LogP contribution in [0.4, 0.5) is 4.39 Å². The van der Waals surface area contributed by atoms with Gasteiger partial charge in [0.15, 0.2) is 0 Å². The summed E-state index contributed by atoms with van der Waals surface area (Å²) in [6, 6.07) is 4.68. The molecule has 1 N–H and O–H groups in total. The van der Waals surface area contributed by atoms with Crippen LogP contribution in [0.15, 0.2) is 22.7 Å². The first-order valence-electron chi connectivity index (χ1n) is 8.39. The molecule has 0 radical (unpaired) electrons. The Morgan fingerprint density at radius 3 is 2.85 bits per heavy atom. The Hall–Kier alpha value is -2.77. The first-order valence-corrected chi connectivity index (χ1v) is 8.39. The third-order valence-electron chi connectivity index (χ3n) is 4.79. The van der Waals surface area contributed by atoms with E-state index in [-0.39, 0.29) is 42.8 Å². The second-order valence-electron chi connectivity index (χ2n) is 6.91. The van der Waals surface area contributed by atoms with Crippen LogP contribution >= 0.6 is 0 Å². The van der Waals surface area contributed by atoms with E-state index in [0.717, 1.165) is 0 Å². The lowest BCUT2D eigenvalue weighted by Crippen LogP contribution is -2.34. The average molecular weight is 361 g/mol. The number of nitrogens with zero attached hydrogens (tertiary/aromatic N) is 3. The first kappa shape index (κ1) is 18.0. The zero-order chi connectivity index (χ0) is 18.9. The molecule has 0 bridgehead atoms. The normalized spacial score (nSPS) is 19.7. The number of benzene rings is 1. The lowest BCUT2D eigenvalue weighted by atomic mass is 9.90. The second-order valence-corrected chi connectivity index (χ2v) is 6.91. The smallest absolute Gasteiger partial charge is 0.311 e. The SMILES string of the molecule is Cc1ccc(-c2noc(CCC(=O)N3CC[C@](C)(C(=O)O)C3)n2)cc1F. The molecule has 1 aliphatic heterocycles. The fourth-order valence-electron chi connectivity index (χ4n) is 2.93. The molecule has 1 atom stereocenters. The Balaban J connectivity index is 1.59. The highest BCUT2D eigenvalue weighted by Gasteiger charge is 2.41. The number of amides is 1. The number of carboxylic acid groups (broad SMARTS) is 1. The molecule has 0 saturated carbocycles. The van der Waals surface area contributed by atoms with E-state index in [0.29, 0.717) is 24.1 Å². The molecule has 1 saturated heterocycles. The number of halogens is 1. The molecule has 1 amide bonds. The van der Waals surface area contributed by atoms with Crippen molar-refractivity contribution in [2.24, 2.45) is 5.41 Å². The summed E-state index contributed by atoms with van der Waals surface area (Å²) in [5.41, 5.74) is 0.149. The Kier molecular flexibility index (Phi) is 4.76. The summed E-state index contributed by atoms with van der Waals surface area (Å²) in [5, 5.41) is 13.1. The molecule has 0 aliphatic carbocycles. The lowest BCUT2D eigenvalue weighted by Gasteiger charge is -2.19. The van der Waals surface area contributed by atoms with Crippen LogP contribution in [-0.4, -0.2) is 45.1 Å². The van der Waals surface area contributed by atoms with Crippen LogP contribution in [-0.2, 0) is 16.0 Å². The van der Waals surface area contributed by atoms with Gasteiger partial charge in [-0.2, -0.15) is 4.98 Å². The van der Waals surface area contributed by atoms with Crippen molar-refractivity contribution in [2.75, 3.05) is 13.1 Å². The highest BCUT2D eigenvalue weighted by Crippen LogP contribution is 2.30. The molecular weight excluding hydrogens is 341 g/mol. The van der Waals surface area contributed by atoms with Gasteiger partial charge in [-0.25, -0.2) is 4.39 Å². The second kappa shape index (κ2) is 6.86. The van der Waals surface area contributed by atoms with Gasteiger partial charge in [0.05, 0.1) is 5.41 Å². The number of aryl methyl sites for hydroxylation is 2. The van der Waals surface area contributed by atoms with Crippen LogP contribution < -0.4 is 0 Å². The summed E-state index contributed by atoms with van der Waals surface area (Å²) >= 11 is 0. The highest BCUT2D eigenvalue weighted by atomic mass is 19.1. The average Bonchev–Trinajstić information content (AvgIpc) is 3.23. The van der Waals surface area contributed by atoms with Crippen molar-refractivity contribution < 1.29 is 23.6 Å². The maximum absolute atomic E-state index is 13.6. The Bertz CT molecular complexity index is 851. The maximum atomic E-state index is 13.6. The van der Waals surface area contributed by atoms with Gasteiger partial charge in [-0.1, -0.05) is 17.3 Å². The molecule has 2 aromatic rings. The van der Waals surface area contributed by atoms with Crippen LogP contribution in [0.3, 0.4) is 0 Å². The third-order valence-corrected chi connectivity index (χ3v) is 4.79. The van der Waals surface area contributed by atoms with Crippen LogP contribution in [0.2, 0.25) is 0 Å². The quantitative estimate of drug-likeness (QED) is 0.879. The van der Waals surface area contributed by atoms with Gasteiger partial charge < -0.3 is 14.5 Å². The summed E-state index contributed by atoms with van der Waals surface area (Å²) in [5.74, 6) is -0.823. The van der Waals surface area contributed by atoms with Crippen molar-refractivity contribution in [3.63, 3.8) is 0 Å². The van der Waals surface area contributed by atoms with Gasteiger partial charge >= 0.3 is 5.97 Å². The molecular formula is C18H20FN3O4. The summed E-state index contributed by atoms with van der Waals surface area (Å²) in [6.45, 7) is 3.95. The van der Waals surface area contributed by atoms with Crippen molar-refractivity contribution in [1.29, 1.82) is 0 Å². The highest BCUT2D eigenvalue weighted by molar-refractivity contribution is 5.80. The standard InChI is InChI=1S/C18H20FN3O4/c1-11-3-4-12(9-13(11)19)16-20-14(26-21-16)5-6-15(23)22-8-7-18(2,10-22)17(24)25/h3-4,9H,5-8,10H2,1-2H3,(H,24,25)/t18-/m0/s1. The zero-order valence-electron chi connectivity index (χ0n) is 14.7. The van der Waals surface area contributed by atoms with E-state index in [1.807, 2.05) is 0 Å².